The van der Waals surface area contributed by atoms with Gasteiger partial charge >= 0.3 is 5.97 Å². The molecule has 0 aromatic heterocycles. The number of ether oxygens (including phenoxy) is 3. The smallest absolute Gasteiger partial charge is 0.344 e. The fourth-order valence-electron chi connectivity index (χ4n) is 3.88. The molecule has 8 nitrogen and oxygen atoms in total. The van der Waals surface area contributed by atoms with E-state index in [1.54, 1.807) is 12.1 Å². The van der Waals surface area contributed by atoms with Crippen molar-refractivity contribution in [3.63, 3.8) is 0 Å². The molecule has 2 aliphatic heterocycles. The summed E-state index contributed by atoms with van der Waals surface area (Å²) in [5.74, 6) is -0.952. The molecule has 1 saturated heterocycles. The largest absolute Gasteiger partial charge is 0.493 e. The lowest BCUT2D eigenvalue weighted by atomic mass is 10.1. The molecule has 4 rings (SSSR count). The standard InChI is InChI=1S/C21H17Cl3N2O6/c1-30-15-5-3-9-17(18(15)31-2)21(29)32-20(9)26-14(4-6-16(26)27)19(28)25-13-8-11(23)10(22)7-12(13)24/h3,5,7-8,14,20H,4,6H2,1-2H3,(H,25,28)/t14-,20+/m0/s1. The van der Waals surface area contributed by atoms with E-state index in [-0.39, 0.29) is 50.8 Å². The quantitative estimate of drug-likeness (QED) is 0.482. The van der Waals surface area contributed by atoms with Crippen LogP contribution in [-0.4, -0.2) is 42.9 Å². The molecule has 0 radical (unpaired) electrons. The van der Waals surface area contributed by atoms with Crippen LogP contribution in [0.5, 0.6) is 11.5 Å². The molecule has 0 aliphatic carbocycles. The van der Waals surface area contributed by atoms with Gasteiger partial charge in [0.05, 0.1) is 35.0 Å². The van der Waals surface area contributed by atoms with Crippen molar-refractivity contribution in [2.75, 3.05) is 19.5 Å². The molecule has 168 valence electrons. The van der Waals surface area contributed by atoms with Crippen molar-refractivity contribution in [1.82, 2.24) is 4.90 Å². The topological polar surface area (TPSA) is 94.2 Å². The van der Waals surface area contributed by atoms with Crippen LogP contribution in [0.2, 0.25) is 15.1 Å². The molecule has 2 aliphatic rings. The van der Waals surface area contributed by atoms with Gasteiger partial charge in [0.25, 0.3) is 0 Å². The number of rotatable bonds is 5. The van der Waals surface area contributed by atoms with Crippen LogP contribution >= 0.6 is 34.8 Å². The van der Waals surface area contributed by atoms with E-state index in [0.29, 0.717) is 11.3 Å². The van der Waals surface area contributed by atoms with Crippen LogP contribution in [-0.2, 0) is 14.3 Å². The van der Waals surface area contributed by atoms with E-state index in [2.05, 4.69) is 5.32 Å². The van der Waals surface area contributed by atoms with Gasteiger partial charge in [-0.25, -0.2) is 4.79 Å². The molecule has 2 atom stereocenters. The van der Waals surface area contributed by atoms with E-state index >= 15 is 0 Å². The van der Waals surface area contributed by atoms with Gasteiger partial charge in [0.15, 0.2) is 11.5 Å². The number of hydrogen-bond acceptors (Lipinski definition) is 6. The Bertz CT molecular complexity index is 1140. The second kappa shape index (κ2) is 8.69. The number of fused-ring (bicyclic) bond motifs is 1. The summed E-state index contributed by atoms with van der Waals surface area (Å²) in [7, 11) is 2.84. The summed E-state index contributed by atoms with van der Waals surface area (Å²) in [6, 6.07) is 5.16. The number of benzene rings is 2. The number of carbonyl (C=O) groups is 3. The Morgan fingerprint density at radius 1 is 1.09 bits per heavy atom. The number of hydrogen-bond donors (Lipinski definition) is 1. The highest BCUT2D eigenvalue weighted by molar-refractivity contribution is 6.44. The monoisotopic (exact) mass is 498 g/mol. The summed E-state index contributed by atoms with van der Waals surface area (Å²) < 4.78 is 16.1. The number of esters is 1. The van der Waals surface area contributed by atoms with Gasteiger partial charge in [-0.05, 0) is 30.7 Å². The highest BCUT2D eigenvalue weighted by atomic mass is 35.5. The van der Waals surface area contributed by atoms with E-state index in [1.165, 1.54) is 31.3 Å². The number of halogens is 3. The number of nitrogens with zero attached hydrogens (tertiary/aromatic N) is 1. The average molecular weight is 500 g/mol. The van der Waals surface area contributed by atoms with Crippen LogP contribution in [0.25, 0.3) is 0 Å². The molecular formula is C21H17Cl3N2O6. The summed E-state index contributed by atoms with van der Waals surface area (Å²) in [6.07, 6.45) is -0.725. The minimum atomic E-state index is -1.08. The van der Waals surface area contributed by atoms with Crippen LogP contribution in [0, 0.1) is 0 Å². The number of amides is 2. The molecule has 0 unspecified atom stereocenters. The van der Waals surface area contributed by atoms with E-state index in [4.69, 9.17) is 49.0 Å². The molecule has 0 bridgehead atoms. The summed E-state index contributed by atoms with van der Waals surface area (Å²) in [6.45, 7) is 0. The molecular weight excluding hydrogens is 483 g/mol. The molecule has 2 amide bonds. The van der Waals surface area contributed by atoms with Gasteiger partial charge in [-0.2, -0.15) is 0 Å². The molecule has 0 spiro atoms. The maximum absolute atomic E-state index is 13.1. The molecule has 32 heavy (non-hydrogen) atoms. The van der Waals surface area contributed by atoms with Crippen LogP contribution in [0.3, 0.4) is 0 Å². The lowest BCUT2D eigenvalue weighted by Crippen LogP contribution is -2.43. The van der Waals surface area contributed by atoms with E-state index in [0.717, 1.165) is 0 Å². The summed E-state index contributed by atoms with van der Waals surface area (Å²) >= 11 is 18.1. The van der Waals surface area contributed by atoms with Crippen molar-refractivity contribution < 1.29 is 28.6 Å². The summed E-state index contributed by atoms with van der Waals surface area (Å²) in [5, 5.41) is 3.33. The van der Waals surface area contributed by atoms with Crippen LogP contribution in [0.1, 0.15) is 35.0 Å². The predicted molar refractivity (Wildman–Crippen MR) is 118 cm³/mol. The number of anilines is 1. The van der Waals surface area contributed by atoms with Gasteiger partial charge < -0.3 is 19.5 Å². The predicted octanol–water partition coefficient (Wildman–Crippen LogP) is 4.46. The Labute approximate surface area is 198 Å². The SMILES string of the molecule is COc1ccc2c(c1OC)C(=O)O[C@H]2N1C(=O)CC[C@H]1C(=O)Nc1cc(Cl)c(Cl)cc1Cl. The Morgan fingerprint density at radius 2 is 1.81 bits per heavy atom. The number of nitrogens with one attached hydrogen (secondary N) is 1. The average Bonchev–Trinajstić information content (AvgIpc) is 3.30. The molecule has 2 heterocycles. The number of likely N-dealkylation sites (tertiary alicyclic amines) is 1. The van der Waals surface area contributed by atoms with Crippen LogP contribution < -0.4 is 14.8 Å². The van der Waals surface area contributed by atoms with E-state index in [9.17, 15) is 14.4 Å². The molecule has 2 aromatic carbocycles. The fourth-order valence-corrected chi connectivity index (χ4v) is 4.47. The highest BCUT2D eigenvalue weighted by Gasteiger charge is 2.47. The van der Waals surface area contributed by atoms with Gasteiger partial charge in [0, 0.05) is 12.0 Å². The second-order valence-electron chi connectivity index (χ2n) is 7.11. The molecule has 0 saturated carbocycles. The first kappa shape index (κ1) is 22.5. The van der Waals surface area contributed by atoms with Crippen LogP contribution in [0.15, 0.2) is 24.3 Å². The Kier molecular flexibility index (Phi) is 6.11. The van der Waals surface area contributed by atoms with Crippen molar-refractivity contribution in [1.29, 1.82) is 0 Å². The Balaban J connectivity index is 1.66. The zero-order valence-electron chi connectivity index (χ0n) is 16.9. The summed E-state index contributed by atoms with van der Waals surface area (Å²) in [5.41, 5.74) is 0.817. The Hall–Kier alpha value is -2.68. The van der Waals surface area contributed by atoms with Gasteiger partial charge in [-0.1, -0.05) is 34.8 Å². The lowest BCUT2D eigenvalue weighted by Gasteiger charge is -2.29. The van der Waals surface area contributed by atoms with Gasteiger partial charge in [-0.3, -0.25) is 14.5 Å². The highest BCUT2D eigenvalue weighted by Crippen LogP contribution is 2.45. The van der Waals surface area contributed by atoms with Gasteiger partial charge in [-0.15, -0.1) is 0 Å². The van der Waals surface area contributed by atoms with Crippen molar-refractivity contribution in [3.05, 3.63) is 50.5 Å². The zero-order valence-corrected chi connectivity index (χ0v) is 19.2. The van der Waals surface area contributed by atoms with Crippen molar-refractivity contribution in [2.24, 2.45) is 0 Å². The Morgan fingerprint density at radius 3 is 2.50 bits per heavy atom. The molecule has 1 fully saturated rings. The normalized spacial score (nSPS) is 19.6. The molecule has 2 aromatic rings. The maximum Gasteiger partial charge on any atom is 0.344 e. The zero-order chi connectivity index (χ0) is 23.2. The van der Waals surface area contributed by atoms with E-state index in [1.807, 2.05) is 0 Å². The van der Waals surface area contributed by atoms with E-state index < -0.39 is 24.1 Å². The van der Waals surface area contributed by atoms with Gasteiger partial charge in [0.1, 0.15) is 11.6 Å². The number of carbonyl (C=O) groups excluding carboxylic acids is 3. The minimum absolute atomic E-state index is 0.115. The minimum Gasteiger partial charge on any atom is -0.493 e. The third-order valence-corrected chi connectivity index (χ3v) is 6.38. The second-order valence-corrected chi connectivity index (χ2v) is 8.34. The first-order chi connectivity index (χ1) is 15.3. The van der Waals surface area contributed by atoms with Crippen molar-refractivity contribution in [2.45, 2.75) is 25.1 Å². The third-order valence-electron chi connectivity index (χ3n) is 5.35. The first-order valence-corrected chi connectivity index (χ1v) is 10.6. The number of cyclic esters (lactones) is 1. The van der Waals surface area contributed by atoms with Crippen LogP contribution in [0.4, 0.5) is 5.69 Å². The first-order valence-electron chi connectivity index (χ1n) is 9.49. The van der Waals surface area contributed by atoms with Crippen molar-refractivity contribution >= 4 is 58.3 Å². The lowest BCUT2D eigenvalue weighted by molar-refractivity contribution is -0.144. The number of methoxy groups -OCH3 is 2. The van der Waals surface area contributed by atoms with Gasteiger partial charge in [0.2, 0.25) is 18.0 Å². The summed E-state index contributed by atoms with van der Waals surface area (Å²) in [4.78, 5) is 39.7. The third kappa shape index (κ3) is 3.72. The molecule has 11 heteroatoms. The fraction of sp³-hybridized carbons (Fsp3) is 0.286. The molecule has 1 N–H and O–H groups in total. The van der Waals surface area contributed by atoms with Crippen molar-refractivity contribution in [3.8, 4) is 11.5 Å². The maximum atomic E-state index is 13.1.